The van der Waals surface area contributed by atoms with Crippen molar-refractivity contribution in [3.63, 3.8) is 0 Å². The van der Waals surface area contributed by atoms with Crippen molar-refractivity contribution in [2.45, 2.75) is 6.92 Å². The van der Waals surface area contributed by atoms with Crippen LogP contribution in [0.5, 0.6) is 5.75 Å². The second kappa shape index (κ2) is 5.99. The second-order valence-electron chi connectivity index (χ2n) is 4.33. The van der Waals surface area contributed by atoms with Gasteiger partial charge in [0, 0.05) is 16.2 Å². The fourth-order valence-electron chi connectivity index (χ4n) is 1.93. The number of hydrogen-bond donors (Lipinski definition) is 1. The number of fused-ring (bicyclic) bond motifs is 1. The maximum atomic E-state index is 13.8. The summed E-state index contributed by atoms with van der Waals surface area (Å²) in [5, 5.41) is 3.85. The number of benzene rings is 2. The van der Waals surface area contributed by atoms with Crippen molar-refractivity contribution in [1.82, 2.24) is 4.98 Å². The van der Waals surface area contributed by atoms with Crippen LogP contribution < -0.4 is 10.1 Å². The van der Waals surface area contributed by atoms with Gasteiger partial charge in [0.2, 0.25) is 0 Å². The van der Waals surface area contributed by atoms with Crippen LogP contribution in [0, 0.1) is 5.82 Å². The van der Waals surface area contributed by atoms with Gasteiger partial charge >= 0.3 is 0 Å². The highest BCUT2D eigenvalue weighted by atomic mass is 79.9. The third-order valence-electron chi connectivity index (χ3n) is 2.83. The number of nitrogens with zero attached hydrogens (tertiary/aromatic N) is 1. The van der Waals surface area contributed by atoms with Gasteiger partial charge in [-0.3, -0.25) is 0 Å². The quantitative estimate of drug-likeness (QED) is 0.676. The summed E-state index contributed by atoms with van der Waals surface area (Å²) < 4.78 is 21.1. The molecule has 108 valence electrons. The summed E-state index contributed by atoms with van der Waals surface area (Å²) in [5.74, 6) is -0.123. The SMILES string of the molecule is CCOc1ccc(Nc2nc3cc(Br)ccc3s2)cc1F. The van der Waals surface area contributed by atoms with E-state index in [1.807, 2.05) is 25.1 Å². The summed E-state index contributed by atoms with van der Waals surface area (Å²) in [6, 6.07) is 10.7. The van der Waals surface area contributed by atoms with Crippen LogP contribution in [0.25, 0.3) is 10.2 Å². The first-order valence-corrected chi connectivity index (χ1v) is 8.02. The number of anilines is 2. The van der Waals surface area contributed by atoms with Gasteiger partial charge in [0.1, 0.15) is 0 Å². The molecule has 0 aliphatic carbocycles. The summed E-state index contributed by atoms with van der Waals surface area (Å²) >= 11 is 4.95. The van der Waals surface area contributed by atoms with Crippen LogP contribution in [-0.4, -0.2) is 11.6 Å². The molecule has 0 atom stereocenters. The smallest absolute Gasteiger partial charge is 0.188 e. The lowest BCUT2D eigenvalue weighted by Gasteiger charge is -2.07. The van der Waals surface area contributed by atoms with Crippen LogP contribution >= 0.6 is 27.3 Å². The Morgan fingerprint density at radius 3 is 2.90 bits per heavy atom. The normalized spacial score (nSPS) is 10.8. The molecule has 1 heterocycles. The minimum absolute atomic E-state index is 0.260. The highest BCUT2D eigenvalue weighted by Gasteiger charge is 2.07. The van der Waals surface area contributed by atoms with Crippen molar-refractivity contribution < 1.29 is 9.13 Å². The Kier molecular flexibility index (Phi) is 4.07. The second-order valence-corrected chi connectivity index (χ2v) is 6.28. The first-order chi connectivity index (χ1) is 10.2. The van der Waals surface area contributed by atoms with E-state index in [2.05, 4.69) is 26.2 Å². The lowest BCUT2D eigenvalue weighted by Crippen LogP contribution is -1.96. The Bertz CT molecular complexity index is 790. The molecular weight excluding hydrogens is 355 g/mol. The van der Waals surface area contributed by atoms with E-state index in [-0.39, 0.29) is 11.6 Å². The lowest BCUT2D eigenvalue weighted by molar-refractivity contribution is 0.321. The van der Waals surface area contributed by atoms with Gasteiger partial charge in [0.15, 0.2) is 16.7 Å². The van der Waals surface area contributed by atoms with Gasteiger partial charge in [-0.05, 0) is 37.3 Å². The molecule has 0 fully saturated rings. The molecule has 0 spiro atoms. The fraction of sp³-hybridized carbons (Fsp3) is 0.133. The van der Waals surface area contributed by atoms with Gasteiger partial charge in [-0.25, -0.2) is 9.37 Å². The largest absolute Gasteiger partial charge is 0.491 e. The van der Waals surface area contributed by atoms with Crippen molar-refractivity contribution in [2.24, 2.45) is 0 Å². The van der Waals surface area contributed by atoms with Crippen LogP contribution in [0.4, 0.5) is 15.2 Å². The van der Waals surface area contributed by atoms with Crippen molar-refractivity contribution >= 4 is 48.3 Å². The zero-order valence-corrected chi connectivity index (χ0v) is 13.6. The topological polar surface area (TPSA) is 34.1 Å². The van der Waals surface area contributed by atoms with E-state index >= 15 is 0 Å². The predicted octanol–water partition coefficient (Wildman–Crippen LogP) is 5.34. The van der Waals surface area contributed by atoms with E-state index in [1.54, 1.807) is 12.1 Å². The highest BCUT2D eigenvalue weighted by Crippen LogP contribution is 2.31. The Morgan fingerprint density at radius 1 is 1.29 bits per heavy atom. The summed E-state index contributed by atoms with van der Waals surface area (Å²) in [6.07, 6.45) is 0. The molecule has 0 unspecified atom stereocenters. The number of nitrogens with one attached hydrogen (secondary N) is 1. The molecule has 0 aliphatic rings. The molecule has 3 aromatic rings. The van der Waals surface area contributed by atoms with Crippen molar-refractivity contribution in [2.75, 3.05) is 11.9 Å². The lowest BCUT2D eigenvalue weighted by atomic mass is 10.3. The molecule has 3 rings (SSSR count). The summed E-state index contributed by atoms with van der Waals surface area (Å²) in [6.45, 7) is 2.27. The van der Waals surface area contributed by atoms with Crippen LogP contribution in [0.15, 0.2) is 40.9 Å². The number of rotatable bonds is 4. The Balaban J connectivity index is 1.86. The molecule has 6 heteroatoms. The van der Waals surface area contributed by atoms with E-state index in [4.69, 9.17) is 4.74 Å². The van der Waals surface area contributed by atoms with Gasteiger partial charge in [-0.1, -0.05) is 27.3 Å². The maximum Gasteiger partial charge on any atom is 0.188 e. The molecule has 1 aromatic heterocycles. The minimum atomic E-state index is -0.384. The van der Waals surface area contributed by atoms with Gasteiger partial charge in [0.05, 0.1) is 16.8 Å². The predicted molar refractivity (Wildman–Crippen MR) is 88.2 cm³/mol. The number of halogens is 2. The van der Waals surface area contributed by atoms with Crippen molar-refractivity contribution in [3.8, 4) is 5.75 Å². The molecular formula is C15H12BrFN2OS. The maximum absolute atomic E-state index is 13.8. The molecule has 3 nitrogen and oxygen atoms in total. The Labute approximate surface area is 133 Å². The number of ether oxygens (including phenoxy) is 1. The Morgan fingerprint density at radius 2 is 2.14 bits per heavy atom. The zero-order chi connectivity index (χ0) is 14.8. The van der Waals surface area contributed by atoms with Gasteiger partial charge in [-0.15, -0.1) is 0 Å². The standard InChI is InChI=1S/C15H12BrFN2OS/c1-2-20-13-5-4-10(8-11(13)17)18-15-19-12-7-9(16)3-6-14(12)21-15/h3-8H,2H2,1H3,(H,18,19). The minimum Gasteiger partial charge on any atom is -0.491 e. The molecule has 1 N–H and O–H groups in total. The molecule has 2 aromatic carbocycles. The third kappa shape index (κ3) is 3.16. The molecule has 0 bridgehead atoms. The zero-order valence-electron chi connectivity index (χ0n) is 11.2. The van der Waals surface area contributed by atoms with Gasteiger partial charge in [-0.2, -0.15) is 0 Å². The first kappa shape index (κ1) is 14.3. The van der Waals surface area contributed by atoms with E-state index in [0.717, 1.165) is 19.8 Å². The van der Waals surface area contributed by atoms with Crippen molar-refractivity contribution in [3.05, 3.63) is 46.7 Å². The number of hydrogen-bond acceptors (Lipinski definition) is 4. The summed E-state index contributed by atoms with van der Waals surface area (Å²) in [7, 11) is 0. The van der Waals surface area contributed by atoms with E-state index in [0.29, 0.717) is 12.3 Å². The number of thiazole rings is 1. The fourth-order valence-corrected chi connectivity index (χ4v) is 3.14. The molecule has 0 radical (unpaired) electrons. The highest BCUT2D eigenvalue weighted by molar-refractivity contribution is 9.10. The molecule has 0 amide bonds. The Hall–Kier alpha value is -1.66. The van der Waals surface area contributed by atoms with Crippen LogP contribution in [0.1, 0.15) is 6.92 Å². The van der Waals surface area contributed by atoms with E-state index in [9.17, 15) is 4.39 Å². The average Bonchev–Trinajstić information content (AvgIpc) is 2.83. The molecule has 0 saturated carbocycles. The van der Waals surface area contributed by atoms with Crippen LogP contribution in [0.3, 0.4) is 0 Å². The number of aromatic nitrogens is 1. The van der Waals surface area contributed by atoms with E-state index in [1.165, 1.54) is 17.4 Å². The average molecular weight is 367 g/mol. The summed E-state index contributed by atoms with van der Waals surface area (Å²) in [5.41, 5.74) is 1.55. The molecule has 0 saturated heterocycles. The van der Waals surface area contributed by atoms with Crippen LogP contribution in [0.2, 0.25) is 0 Å². The van der Waals surface area contributed by atoms with Gasteiger partial charge in [0.25, 0.3) is 0 Å². The molecule has 21 heavy (non-hydrogen) atoms. The summed E-state index contributed by atoms with van der Waals surface area (Å²) in [4.78, 5) is 4.48. The van der Waals surface area contributed by atoms with Crippen LogP contribution in [-0.2, 0) is 0 Å². The third-order valence-corrected chi connectivity index (χ3v) is 4.28. The monoisotopic (exact) mass is 366 g/mol. The van der Waals surface area contributed by atoms with Gasteiger partial charge < -0.3 is 10.1 Å². The molecule has 0 aliphatic heterocycles. The van der Waals surface area contributed by atoms with Crippen molar-refractivity contribution in [1.29, 1.82) is 0 Å². The first-order valence-electron chi connectivity index (χ1n) is 6.41. The van der Waals surface area contributed by atoms with E-state index < -0.39 is 0 Å².